The Morgan fingerprint density at radius 1 is 1.36 bits per heavy atom. The van der Waals surface area contributed by atoms with Gasteiger partial charge >= 0.3 is 6.09 Å². The van der Waals surface area contributed by atoms with Gasteiger partial charge in [0.05, 0.1) is 11.6 Å². The molecule has 6 nitrogen and oxygen atoms in total. The highest BCUT2D eigenvalue weighted by molar-refractivity contribution is 7.99. The summed E-state index contributed by atoms with van der Waals surface area (Å²) in [5, 5.41) is 0.816. The summed E-state index contributed by atoms with van der Waals surface area (Å²) in [7, 11) is 0. The maximum absolute atomic E-state index is 13.1. The average Bonchev–Trinajstić information content (AvgIpc) is 3.05. The Hall–Kier alpha value is -1.76. The zero-order valence-electron chi connectivity index (χ0n) is 17.1. The number of likely N-dealkylation sites (tertiary alicyclic amines) is 1. The van der Waals surface area contributed by atoms with Crippen LogP contribution in [-0.2, 0) is 4.74 Å². The number of thioether (sulfide) groups is 1. The van der Waals surface area contributed by atoms with E-state index < -0.39 is 0 Å². The Kier molecular flexibility index (Phi) is 7.21. The van der Waals surface area contributed by atoms with E-state index in [1.165, 1.54) is 0 Å². The lowest BCUT2D eigenvalue weighted by atomic mass is 9.98. The number of aromatic nitrogens is 1. The van der Waals surface area contributed by atoms with E-state index in [-0.39, 0.29) is 24.1 Å². The van der Waals surface area contributed by atoms with Gasteiger partial charge in [-0.25, -0.2) is 9.78 Å². The molecule has 0 N–H and O–H groups in total. The van der Waals surface area contributed by atoms with Crippen LogP contribution in [0.3, 0.4) is 0 Å². The Labute approximate surface area is 172 Å². The minimum atomic E-state index is -0.194. The highest BCUT2D eigenvalue weighted by Gasteiger charge is 2.40. The number of ether oxygens (including phenoxy) is 1. The smallest absolute Gasteiger partial charge is 0.410 e. The van der Waals surface area contributed by atoms with Crippen LogP contribution in [0.15, 0.2) is 23.4 Å². The van der Waals surface area contributed by atoms with E-state index in [1.807, 2.05) is 21.9 Å². The van der Waals surface area contributed by atoms with Gasteiger partial charge in [0.1, 0.15) is 11.6 Å². The molecule has 1 aromatic heterocycles. The lowest BCUT2D eigenvalue weighted by Crippen LogP contribution is -2.50. The molecule has 3 heterocycles. The molecule has 2 saturated heterocycles. The van der Waals surface area contributed by atoms with Crippen molar-refractivity contribution in [2.24, 2.45) is 5.92 Å². The second-order valence-electron chi connectivity index (χ2n) is 8.00. The molecule has 0 aliphatic carbocycles. The second kappa shape index (κ2) is 9.63. The highest BCUT2D eigenvalue weighted by Crippen LogP contribution is 2.28. The van der Waals surface area contributed by atoms with Crippen LogP contribution in [-0.4, -0.2) is 64.3 Å². The number of cyclic esters (lactones) is 1. The molecule has 0 saturated carbocycles. The number of rotatable bonds is 7. The van der Waals surface area contributed by atoms with E-state index in [2.05, 4.69) is 25.8 Å². The van der Waals surface area contributed by atoms with Crippen molar-refractivity contribution < 1.29 is 14.3 Å². The van der Waals surface area contributed by atoms with E-state index in [9.17, 15) is 9.59 Å². The van der Waals surface area contributed by atoms with Gasteiger partial charge in [0.25, 0.3) is 5.91 Å². The average molecular weight is 406 g/mol. The normalized spacial score (nSPS) is 20.7. The molecule has 0 unspecified atom stereocenters. The minimum Gasteiger partial charge on any atom is -0.447 e. The Balaban J connectivity index is 1.62. The summed E-state index contributed by atoms with van der Waals surface area (Å²) in [5.41, 5.74) is 0.692. The van der Waals surface area contributed by atoms with Gasteiger partial charge in [0.15, 0.2) is 0 Å². The summed E-state index contributed by atoms with van der Waals surface area (Å²) in [6.07, 6.45) is 5.15. The Morgan fingerprint density at radius 3 is 2.79 bits per heavy atom. The molecule has 0 spiro atoms. The van der Waals surface area contributed by atoms with Crippen molar-refractivity contribution in [3.8, 4) is 0 Å². The first kappa shape index (κ1) is 21.0. The lowest BCUT2D eigenvalue weighted by molar-refractivity contribution is 0.0626. The number of piperidine rings is 1. The fourth-order valence-corrected chi connectivity index (χ4v) is 4.87. The lowest BCUT2D eigenvalue weighted by Gasteiger charge is -2.38. The van der Waals surface area contributed by atoms with Crippen LogP contribution in [0.2, 0.25) is 0 Å². The zero-order valence-corrected chi connectivity index (χ0v) is 17.9. The quantitative estimate of drug-likeness (QED) is 0.640. The molecule has 2 amide bonds. The molecule has 0 radical (unpaired) electrons. The predicted molar refractivity (Wildman–Crippen MR) is 111 cm³/mol. The number of hydrogen-bond acceptors (Lipinski definition) is 5. The van der Waals surface area contributed by atoms with Crippen molar-refractivity contribution in [3.63, 3.8) is 0 Å². The van der Waals surface area contributed by atoms with E-state index >= 15 is 0 Å². The van der Waals surface area contributed by atoms with Crippen LogP contribution in [0.1, 0.15) is 56.8 Å². The largest absolute Gasteiger partial charge is 0.447 e. The number of amides is 2. The van der Waals surface area contributed by atoms with Crippen LogP contribution >= 0.6 is 11.8 Å². The van der Waals surface area contributed by atoms with Crippen molar-refractivity contribution >= 4 is 23.8 Å². The Bertz CT molecular complexity index is 689. The third-order valence-corrected chi connectivity index (χ3v) is 6.55. The van der Waals surface area contributed by atoms with Gasteiger partial charge in [-0.2, -0.15) is 0 Å². The number of carbonyl (C=O) groups excluding carboxylic acids is 2. The molecule has 28 heavy (non-hydrogen) atoms. The summed E-state index contributed by atoms with van der Waals surface area (Å²) in [5.74, 6) is 1.52. The molecule has 2 aliphatic rings. The molecule has 0 bridgehead atoms. The number of pyridine rings is 1. The molecular formula is C21H31N3O3S. The summed E-state index contributed by atoms with van der Waals surface area (Å²) in [6, 6.07) is 4.02. The fourth-order valence-electron chi connectivity index (χ4n) is 4.03. The first-order valence-electron chi connectivity index (χ1n) is 10.3. The molecule has 0 aromatic carbocycles. The van der Waals surface area contributed by atoms with E-state index in [0.717, 1.165) is 36.5 Å². The number of nitrogens with zero attached hydrogens (tertiary/aromatic N) is 3. The SMILES string of the molecule is CCCSc1ncccc1C(=O)N1CCC(N2C(=O)OC[C@@H]2CC(C)C)CC1. The van der Waals surface area contributed by atoms with Gasteiger partial charge in [-0.3, -0.25) is 9.69 Å². The van der Waals surface area contributed by atoms with Crippen LogP contribution in [0.25, 0.3) is 0 Å². The molecule has 154 valence electrons. The molecular weight excluding hydrogens is 374 g/mol. The van der Waals surface area contributed by atoms with Crippen LogP contribution in [0.4, 0.5) is 4.79 Å². The fraction of sp³-hybridized carbons (Fsp3) is 0.667. The monoisotopic (exact) mass is 405 g/mol. The first-order valence-corrected chi connectivity index (χ1v) is 11.3. The highest BCUT2D eigenvalue weighted by atomic mass is 32.2. The number of hydrogen-bond donors (Lipinski definition) is 0. The molecule has 2 fully saturated rings. The second-order valence-corrected chi connectivity index (χ2v) is 9.08. The van der Waals surface area contributed by atoms with Gasteiger partial charge in [-0.1, -0.05) is 20.8 Å². The third kappa shape index (κ3) is 4.80. The topological polar surface area (TPSA) is 62.7 Å². The van der Waals surface area contributed by atoms with E-state index in [4.69, 9.17) is 4.74 Å². The van der Waals surface area contributed by atoms with Gasteiger partial charge in [-0.05, 0) is 49.5 Å². The molecule has 7 heteroatoms. The summed E-state index contributed by atoms with van der Waals surface area (Å²) < 4.78 is 5.32. The van der Waals surface area contributed by atoms with Crippen molar-refractivity contribution in [1.82, 2.24) is 14.8 Å². The van der Waals surface area contributed by atoms with E-state index in [1.54, 1.807) is 18.0 Å². The molecule has 1 atom stereocenters. The van der Waals surface area contributed by atoms with Crippen LogP contribution < -0.4 is 0 Å². The minimum absolute atomic E-state index is 0.0490. The summed E-state index contributed by atoms with van der Waals surface area (Å²) >= 11 is 1.64. The molecule has 3 rings (SSSR count). The van der Waals surface area contributed by atoms with Gasteiger partial charge in [0.2, 0.25) is 0 Å². The first-order chi connectivity index (χ1) is 13.5. The summed E-state index contributed by atoms with van der Waals surface area (Å²) in [6.45, 7) is 8.28. The predicted octanol–water partition coefficient (Wildman–Crippen LogP) is 4.06. The maximum atomic E-state index is 13.1. The van der Waals surface area contributed by atoms with Crippen LogP contribution in [0, 0.1) is 5.92 Å². The van der Waals surface area contributed by atoms with Gasteiger partial charge in [0, 0.05) is 25.3 Å². The van der Waals surface area contributed by atoms with E-state index in [0.29, 0.717) is 31.2 Å². The van der Waals surface area contributed by atoms with Crippen molar-refractivity contribution in [1.29, 1.82) is 0 Å². The maximum Gasteiger partial charge on any atom is 0.410 e. The Morgan fingerprint density at radius 2 is 2.11 bits per heavy atom. The van der Waals surface area contributed by atoms with Crippen molar-refractivity contribution in [3.05, 3.63) is 23.9 Å². The number of carbonyl (C=O) groups is 2. The third-order valence-electron chi connectivity index (χ3n) is 5.34. The van der Waals surface area contributed by atoms with Crippen molar-refractivity contribution in [2.45, 2.75) is 63.6 Å². The van der Waals surface area contributed by atoms with Gasteiger partial charge in [-0.15, -0.1) is 11.8 Å². The van der Waals surface area contributed by atoms with Crippen molar-refractivity contribution in [2.75, 3.05) is 25.4 Å². The zero-order chi connectivity index (χ0) is 20.1. The van der Waals surface area contributed by atoms with Gasteiger partial charge < -0.3 is 9.64 Å². The molecule has 2 aliphatic heterocycles. The molecule has 1 aromatic rings. The van der Waals surface area contributed by atoms with Crippen LogP contribution in [0.5, 0.6) is 0 Å². The standard InChI is InChI=1S/C21H31N3O3S/c1-4-12-28-19-18(6-5-9-22-19)20(25)23-10-7-16(8-11-23)24-17(13-15(2)3)14-27-21(24)26/h5-6,9,15-17H,4,7-8,10-14H2,1-3H3/t17-/m0/s1. The summed E-state index contributed by atoms with van der Waals surface area (Å²) in [4.78, 5) is 33.6.